The summed E-state index contributed by atoms with van der Waals surface area (Å²) in [7, 11) is 0. The second kappa shape index (κ2) is 12.7. The van der Waals surface area contributed by atoms with Gasteiger partial charge in [0.25, 0.3) is 11.5 Å². The van der Waals surface area contributed by atoms with Gasteiger partial charge in [-0.1, -0.05) is 0 Å². The SMILES string of the molecule is CCOC(=O)N1CCN(C(=O)C(CCC(=O)OC(C)(C)C)NC(=O)c2cc(=O)n(-c3ccc(F)c(F)c3)[nH]2)CC1. The molecule has 12 nitrogen and oxygen atoms in total. The molecule has 2 heterocycles. The van der Waals surface area contributed by atoms with Gasteiger partial charge in [-0.3, -0.25) is 24.3 Å². The lowest BCUT2D eigenvalue weighted by molar-refractivity contribution is -0.155. The fourth-order valence-electron chi connectivity index (χ4n) is 4.02. The Balaban J connectivity index is 1.76. The summed E-state index contributed by atoms with van der Waals surface area (Å²) in [5, 5.41) is 5.08. The van der Waals surface area contributed by atoms with Crippen molar-refractivity contribution >= 4 is 23.9 Å². The van der Waals surface area contributed by atoms with E-state index in [-0.39, 0.29) is 57.0 Å². The number of amides is 3. The normalized spacial score (nSPS) is 14.4. The molecule has 1 atom stereocenters. The molecule has 2 N–H and O–H groups in total. The van der Waals surface area contributed by atoms with Crippen LogP contribution in [0, 0.1) is 11.6 Å². The van der Waals surface area contributed by atoms with Gasteiger partial charge >= 0.3 is 12.1 Å². The largest absolute Gasteiger partial charge is 0.460 e. The molecule has 0 bridgehead atoms. The Morgan fingerprint density at radius 1 is 1.02 bits per heavy atom. The fraction of sp³-hybridized carbons (Fsp3) is 0.500. The highest BCUT2D eigenvalue weighted by Crippen LogP contribution is 2.14. The third kappa shape index (κ3) is 7.90. The van der Waals surface area contributed by atoms with Gasteiger partial charge in [-0.25, -0.2) is 18.3 Å². The highest BCUT2D eigenvalue weighted by molar-refractivity contribution is 5.96. The summed E-state index contributed by atoms with van der Waals surface area (Å²) in [5.74, 6) is -4.16. The van der Waals surface area contributed by atoms with E-state index in [0.29, 0.717) is 0 Å². The molecule has 1 aliphatic heterocycles. The Labute approximate surface area is 229 Å². The van der Waals surface area contributed by atoms with Gasteiger partial charge < -0.3 is 24.6 Å². The van der Waals surface area contributed by atoms with Crippen LogP contribution in [-0.4, -0.2) is 87.9 Å². The molecule has 1 saturated heterocycles. The van der Waals surface area contributed by atoms with E-state index in [1.54, 1.807) is 27.7 Å². The molecule has 3 rings (SSSR count). The topological polar surface area (TPSA) is 143 Å². The third-order valence-electron chi connectivity index (χ3n) is 5.90. The van der Waals surface area contributed by atoms with E-state index in [1.165, 1.54) is 9.80 Å². The van der Waals surface area contributed by atoms with Crippen molar-refractivity contribution in [3.05, 3.63) is 51.9 Å². The molecule has 0 saturated carbocycles. The lowest BCUT2D eigenvalue weighted by Gasteiger charge is -2.36. The van der Waals surface area contributed by atoms with Crippen molar-refractivity contribution in [3.63, 3.8) is 0 Å². The number of aromatic nitrogens is 2. The minimum atomic E-state index is -1.18. The lowest BCUT2D eigenvalue weighted by atomic mass is 10.1. The molecule has 1 aromatic heterocycles. The fourth-order valence-corrected chi connectivity index (χ4v) is 4.02. The minimum Gasteiger partial charge on any atom is -0.460 e. The summed E-state index contributed by atoms with van der Waals surface area (Å²) in [6.07, 6.45) is -0.756. The van der Waals surface area contributed by atoms with Crippen LogP contribution in [0.4, 0.5) is 13.6 Å². The number of nitrogens with one attached hydrogen (secondary N) is 2. The van der Waals surface area contributed by atoms with Crippen LogP contribution in [0.15, 0.2) is 29.1 Å². The number of halogens is 2. The summed E-state index contributed by atoms with van der Waals surface area (Å²) in [4.78, 5) is 66.2. The predicted molar refractivity (Wildman–Crippen MR) is 138 cm³/mol. The number of nitrogens with zero attached hydrogens (tertiary/aromatic N) is 3. The van der Waals surface area contributed by atoms with Crippen molar-refractivity contribution < 1.29 is 37.4 Å². The molecule has 0 aliphatic carbocycles. The Bertz CT molecular complexity index is 1310. The molecule has 40 heavy (non-hydrogen) atoms. The number of piperazine rings is 1. The van der Waals surface area contributed by atoms with Crippen molar-refractivity contribution in [1.82, 2.24) is 24.9 Å². The van der Waals surface area contributed by atoms with Crippen molar-refractivity contribution in [3.8, 4) is 5.69 Å². The van der Waals surface area contributed by atoms with E-state index in [4.69, 9.17) is 9.47 Å². The number of carbonyl (C=O) groups excluding carboxylic acids is 4. The molecule has 0 spiro atoms. The number of rotatable bonds is 8. The zero-order valence-corrected chi connectivity index (χ0v) is 22.8. The average Bonchev–Trinajstić information content (AvgIpc) is 3.28. The van der Waals surface area contributed by atoms with Gasteiger partial charge in [-0.15, -0.1) is 0 Å². The van der Waals surface area contributed by atoms with E-state index >= 15 is 0 Å². The molecule has 1 aromatic carbocycles. The Hall–Kier alpha value is -4.23. The summed E-state index contributed by atoms with van der Waals surface area (Å²) in [5.41, 5.74) is -1.74. The molecular formula is C26H33F2N5O7. The molecule has 0 radical (unpaired) electrons. The van der Waals surface area contributed by atoms with Gasteiger partial charge in [0.15, 0.2) is 11.6 Å². The van der Waals surface area contributed by atoms with E-state index in [9.17, 15) is 32.8 Å². The van der Waals surface area contributed by atoms with Gasteiger partial charge in [-0.05, 0) is 46.2 Å². The molecule has 1 fully saturated rings. The van der Waals surface area contributed by atoms with Crippen LogP contribution >= 0.6 is 0 Å². The van der Waals surface area contributed by atoms with Crippen LogP contribution in [-0.2, 0) is 19.1 Å². The number of benzene rings is 1. The molecular weight excluding hydrogens is 532 g/mol. The van der Waals surface area contributed by atoms with E-state index < -0.39 is 52.7 Å². The Kier molecular flexibility index (Phi) is 9.66. The molecule has 1 aliphatic rings. The van der Waals surface area contributed by atoms with Crippen LogP contribution in [0.3, 0.4) is 0 Å². The molecule has 3 amide bonds. The number of carbonyl (C=O) groups is 4. The van der Waals surface area contributed by atoms with Crippen molar-refractivity contribution in [2.24, 2.45) is 0 Å². The second-order valence-electron chi connectivity index (χ2n) is 10.1. The Morgan fingerprint density at radius 3 is 2.27 bits per heavy atom. The first-order valence-corrected chi connectivity index (χ1v) is 12.8. The van der Waals surface area contributed by atoms with Crippen LogP contribution in [0.5, 0.6) is 0 Å². The Morgan fingerprint density at radius 2 is 1.68 bits per heavy atom. The van der Waals surface area contributed by atoms with E-state index in [1.807, 2.05) is 0 Å². The number of aromatic amines is 1. The van der Waals surface area contributed by atoms with E-state index in [2.05, 4.69) is 10.4 Å². The lowest BCUT2D eigenvalue weighted by Crippen LogP contribution is -2.56. The first-order valence-electron chi connectivity index (χ1n) is 12.8. The summed E-state index contributed by atoms with van der Waals surface area (Å²) in [6.45, 7) is 7.82. The maximum Gasteiger partial charge on any atom is 0.409 e. The van der Waals surface area contributed by atoms with Crippen molar-refractivity contribution in [2.75, 3.05) is 32.8 Å². The zero-order valence-electron chi connectivity index (χ0n) is 22.8. The van der Waals surface area contributed by atoms with Gasteiger partial charge in [-0.2, -0.15) is 0 Å². The van der Waals surface area contributed by atoms with Gasteiger partial charge in [0, 0.05) is 44.7 Å². The van der Waals surface area contributed by atoms with Crippen LogP contribution in [0.2, 0.25) is 0 Å². The second-order valence-corrected chi connectivity index (χ2v) is 10.1. The number of esters is 1. The molecule has 2 aromatic rings. The van der Waals surface area contributed by atoms with Gasteiger partial charge in [0.1, 0.15) is 17.3 Å². The maximum absolute atomic E-state index is 13.7. The predicted octanol–water partition coefficient (Wildman–Crippen LogP) is 1.96. The van der Waals surface area contributed by atoms with Crippen LogP contribution in [0.25, 0.3) is 5.69 Å². The number of ether oxygens (including phenoxy) is 2. The average molecular weight is 566 g/mol. The smallest absolute Gasteiger partial charge is 0.409 e. The van der Waals surface area contributed by atoms with Crippen molar-refractivity contribution in [2.45, 2.75) is 52.2 Å². The molecule has 218 valence electrons. The van der Waals surface area contributed by atoms with Crippen LogP contribution in [0.1, 0.15) is 51.0 Å². The summed E-state index contributed by atoms with van der Waals surface area (Å²) < 4.78 is 38.1. The minimum absolute atomic E-state index is 0.0417. The summed E-state index contributed by atoms with van der Waals surface area (Å²) in [6, 6.07) is 2.57. The first-order chi connectivity index (χ1) is 18.8. The number of H-pyrrole nitrogens is 1. The van der Waals surface area contributed by atoms with E-state index in [0.717, 1.165) is 28.9 Å². The van der Waals surface area contributed by atoms with Gasteiger partial charge in [0.05, 0.1) is 12.3 Å². The first kappa shape index (κ1) is 30.3. The van der Waals surface area contributed by atoms with Crippen LogP contribution < -0.4 is 10.9 Å². The maximum atomic E-state index is 13.7. The number of hydrogen-bond donors (Lipinski definition) is 2. The molecule has 14 heteroatoms. The quantitative estimate of drug-likeness (QED) is 0.466. The highest BCUT2D eigenvalue weighted by Gasteiger charge is 2.32. The van der Waals surface area contributed by atoms with Crippen molar-refractivity contribution in [1.29, 1.82) is 0 Å². The monoisotopic (exact) mass is 565 g/mol. The third-order valence-corrected chi connectivity index (χ3v) is 5.90. The summed E-state index contributed by atoms with van der Waals surface area (Å²) >= 11 is 0. The van der Waals surface area contributed by atoms with Gasteiger partial charge in [0.2, 0.25) is 5.91 Å². The molecule has 1 unspecified atom stereocenters. The standard InChI is InChI=1S/C26H33F2N5O7/c1-5-39-25(38)32-12-10-31(11-13-32)24(37)19(8-9-22(35)40-26(2,3)4)29-23(36)20-15-21(34)33(30-20)16-6-7-17(27)18(28)14-16/h6-7,14-15,19,30H,5,8-13H2,1-4H3,(H,29,36). The highest BCUT2D eigenvalue weighted by atomic mass is 19.2. The number of hydrogen-bond acceptors (Lipinski definition) is 7. The zero-order chi connectivity index (χ0) is 29.6.